The Balaban J connectivity index is 2.08. The van der Waals surface area contributed by atoms with E-state index < -0.39 is 6.10 Å². The molecule has 2 aromatic rings. The van der Waals surface area contributed by atoms with Gasteiger partial charge in [-0.2, -0.15) is 0 Å². The van der Waals surface area contributed by atoms with E-state index in [0.717, 1.165) is 11.1 Å². The van der Waals surface area contributed by atoms with E-state index in [2.05, 4.69) is 55.0 Å². The van der Waals surface area contributed by atoms with Gasteiger partial charge in [-0.3, -0.25) is 0 Å². The zero-order chi connectivity index (χ0) is 14.8. The van der Waals surface area contributed by atoms with Gasteiger partial charge in [-0.1, -0.05) is 45.0 Å². The third kappa shape index (κ3) is 3.64. The SMILES string of the molecule is Cc1cnc(C(O)Cc2ccc(C(C)(C)C)cc2)nc1. The second kappa shape index (κ2) is 5.71. The summed E-state index contributed by atoms with van der Waals surface area (Å²) in [5, 5.41) is 10.2. The van der Waals surface area contributed by atoms with Crippen molar-refractivity contribution in [1.29, 1.82) is 0 Å². The maximum absolute atomic E-state index is 10.2. The molecule has 0 aliphatic carbocycles. The first-order valence-electron chi connectivity index (χ1n) is 6.92. The van der Waals surface area contributed by atoms with Gasteiger partial charge in [-0.15, -0.1) is 0 Å². The van der Waals surface area contributed by atoms with Crippen LogP contribution in [0.1, 0.15) is 49.4 Å². The molecule has 0 saturated carbocycles. The van der Waals surface area contributed by atoms with Gasteiger partial charge in [0.05, 0.1) is 0 Å². The van der Waals surface area contributed by atoms with Crippen LogP contribution in [0.4, 0.5) is 0 Å². The fraction of sp³-hybridized carbons (Fsp3) is 0.412. The molecule has 106 valence electrons. The van der Waals surface area contributed by atoms with Crippen LogP contribution < -0.4 is 0 Å². The van der Waals surface area contributed by atoms with Crippen molar-refractivity contribution < 1.29 is 5.11 Å². The number of hydrogen-bond donors (Lipinski definition) is 1. The Bertz CT molecular complexity index is 553. The molecular weight excluding hydrogens is 248 g/mol. The first-order chi connectivity index (χ1) is 9.36. The number of aliphatic hydroxyl groups is 1. The molecule has 1 N–H and O–H groups in total. The van der Waals surface area contributed by atoms with Gasteiger partial charge in [0.25, 0.3) is 0 Å². The number of benzene rings is 1. The number of rotatable bonds is 3. The van der Waals surface area contributed by atoms with E-state index in [0.29, 0.717) is 12.2 Å². The van der Waals surface area contributed by atoms with Crippen LogP contribution in [0.3, 0.4) is 0 Å². The average Bonchev–Trinajstić information content (AvgIpc) is 2.39. The summed E-state index contributed by atoms with van der Waals surface area (Å²) in [6.07, 6.45) is 3.34. The van der Waals surface area contributed by atoms with Crippen LogP contribution in [0.25, 0.3) is 0 Å². The minimum Gasteiger partial charge on any atom is -0.385 e. The van der Waals surface area contributed by atoms with E-state index in [1.54, 1.807) is 12.4 Å². The summed E-state index contributed by atoms with van der Waals surface area (Å²) in [6.45, 7) is 8.51. The molecule has 1 aromatic heterocycles. The summed E-state index contributed by atoms with van der Waals surface area (Å²) in [4.78, 5) is 8.34. The average molecular weight is 270 g/mol. The molecule has 0 spiro atoms. The van der Waals surface area contributed by atoms with Crippen LogP contribution in [0.2, 0.25) is 0 Å². The molecule has 0 aliphatic heterocycles. The molecule has 0 fully saturated rings. The quantitative estimate of drug-likeness (QED) is 0.930. The Morgan fingerprint density at radius 2 is 1.60 bits per heavy atom. The van der Waals surface area contributed by atoms with Crippen molar-refractivity contribution in [2.75, 3.05) is 0 Å². The van der Waals surface area contributed by atoms with Crippen molar-refractivity contribution in [2.24, 2.45) is 0 Å². The monoisotopic (exact) mass is 270 g/mol. The van der Waals surface area contributed by atoms with Crippen molar-refractivity contribution in [3.8, 4) is 0 Å². The van der Waals surface area contributed by atoms with Crippen LogP contribution in [0, 0.1) is 6.92 Å². The molecule has 3 nitrogen and oxygen atoms in total. The standard InChI is InChI=1S/C17H22N2O/c1-12-10-18-16(19-11-12)15(20)9-13-5-7-14(8-6-13)17(2,3)4/h5-8,10-11,15,20H,9H2,1-4H3. The number of aliphatic hydroxyl groups excluding tert-OH is 1. The van der Waals surface area contributed by atoms with Gasteiger partial charge < -0.3 is 5.11 Å². The zero-order valence-corrected chi connectivity index (χ0v) is 12.6. The molecule has 20 heavy (non-hydrogen) atoms. The van der Waals surface area contributed by atoms with Crippen LogP contribution in [-0.2, 0) is 11.8 Å². The zero-order valence-electron chi connectivity index (χ0n) is 12.6. The van der Waals surface area contributed by atoms with Crippen LogP contribution in [-0.4, -0.2) is 15.1 Å². The second-order valence-electron chi connectivity index (χ2n) is 6.29. The molecular formula is C17H22N2O. The predicted octanol–water partition coefficient (Wildman–Crippen LogP) is 3.36. The van der Waals surface area contributed by atoms with Crippen molar-refractivity contribution in [1.82, 2.24) is 9.97 Å². The Kier molecular flexibility index (Phi) is 4.19. The van der Waals surface area contributed by atoms with Gasteiger partial charge in [0.2, 0.25) is 0 Å². The van der Waals surface area contributed by atoms with Crippen LogP contribution in [0.15, 0.2) is 36.7 Å². The van der Waals surface area contributed by atoms with E-state index in [-0.39, 0.29) is 5.41 Å². The first kappa shape index (κ1) is 14.7. The highest BCUT2D eigenvalue weighted by Crippen LogP contribution is 2.23. The molecule has 1 atom stereocenters. The highest BCUT2D eigenvalue weighted by molar-refractivity contribution is 5.28. The second-order valence-corrected chi connectivity index (χ2v) is 6.29. The smallest absolute Gasteiger partial charge is 0.157 e. The summed E-state index contributed by atoms with van der Waals surface area (Å²) >= 11 is 0. The number of nitrogens with zero attached hydrogens (tertiary/aromatic N) is 2. The molecule has 0 aliphatic rings. The predicted molar refractivity (Wildman–Crippen MR) is 80.6 cm³/mol. The van der Waals surface area contributed by atoms with Gasteiger partial charge in [0.1, 0.15) is 6.10 Å². The first-order valence-corrected chi connectivity index (χ1v) is 6.92. The number of aryl methyl sites for hydroxylation is 1. The van der Waals surface area contributed by atoms with Gasteiger partial charge in [-0.05, 0) is 29.0 Å². The number of aromatic nitrogens is 2. The lowest BCUT2D eigenvalue weighted by Gasteiger charge is -2.19. The fourth-order valence-electron chi connectivity index (χ4n) is 2.03. The summed E-state index contributed by atoms with van der Waals surface area (Å²) < 4.78 is 0. The van der Waals surface area contributed by atoms with Gasteiger partial charge >= 0.3 is 0 Å². The van der Waals surface area contributed by atoms with Crippen LogP contribution in [0.5, 0.6) is 0 Å². The third-order valence-corrected chi connectivity index (χ3v) is 3.35. The fourth-order valence-corrected chi connectivity index (χ4v) is 2.03. The normalized spacial score (nSPS) is 13.2. The summed E-state index contributed by atoms with van der Waals surface area (Å²) in [6, 6.07) is 8.38. The highest BCUT2D eigenvalue weighted by atomic mass is 16.3. The molecule has 1 unspecified atom stereocenters. The van der Waals surface area contributed by atoms with Crippen molar-refractivity contribution >= 4 is 0 Å². The van der Waals surface area contributed by atoms with Gasteiger partial charge in [0, 0.05) is 18.8 Å². The van der Waals surface area contributed by atoms with E-state index in [4.69, 9.17) is 0 Å². The van der Waals surface area contributed by atoms with E-state index >= 15 is 0 Å². The Morgan fingerprint density at radius 1 is 1.05 bits per heavy atom. The highest BCUT2D eigenvalue weighted by Gasteiger charge is 2.15. The molecule has 1 heterocycles. The largest absolute Gasteiger partial charge is 0.385 e. The molecule has 0 saturated heterocycles. The molecule has 0 amide bonds. The minimum atomic E-state index is -0.656. The van der Waals surface area contributed by atoms with Crippen LogP contribution >= 0.6 is 0 Å². The van der Waals surface area contributed by atoms with Gasteiger partial charge in [-0.25, -0.2) is 9.97 Å². The molecule has 0 bridgehead atoms. The Hall–Kier alpha value is -1.74. The maximum atomic E-state index is 10.2. The maximum Gasteiger partial charge on any atom is 0.157 e. The Morgan fingerprint density at radius 3 is 2.10 bits per heavy atom. The molecule has 0 radical (unpaired) electrons. The number of hydrogen-bond acceptors (Lipinski definition) is 3. The summed E-state index contributed by atoms with van der Waals surface area (Å²) in [5.74, 6) is 0.482. The minimum absolute atomic E-state index is 0.150. The lowest BCUT2D eigenvalue weighted by atomic mass is 9.86. The lowest BCUT2D eigenvalue weighted by Crippen LogP contribution is -2.11. The van der Waals surface area contributed by atoms with Crippen molar-refractivity contribution in [2.45, 2.75) is 45.6 Å². The summed E-state index contributed by atoms with van der Waals surface area (Å²) in [7, 11) is 0. The molecule has 2 rings (SSSR count). The molecule has 1 aromatic carbocycles. The summed E-state index contributed by atoms with van der Waals surface area (Å²) in [5.41, 5.74) is 3.53. The van der Waals surface area contributed by atoms with Crippen molar-refractivity contribution in [3.63, 3.8) is 0 Å². The molecule has 3 heteroatoms. The van der Waals surface area contributed by atoms with E-state index in [9.17, 15) is 5.11 Å². The third-order valence-electron chi connectivity index (χ3n) is 3.35. The van der Waals surface area contributed by atoms with Crippen molar-refractivity contribution in [3.05, 3.63) is 59.2 Å². The van der Waals surface area contributed by atoms with Gasteiger partial charge in [0.15, 0.2) is 5.82 Å². The Labute approximate surface area is 120 Å². The van der Waals surface area contributed by atoms with E-state index in [1.807, 2.05) is 6.92 Å². The van der Waals surface area contributed by atoms with E-state index in [1.165, 1.54) is 5.56 Å². The lowest BCUT2D eigenvalue weighted by molar-refractivity contribution is 0.168. The topological polar surface area (TPSA) is 46.0 Å².